The maximum Gasteiger partial charge on any atom is 0.0621 e. The van der Waals surface area contributed by atoms with Crippen LogP contribution in [0.5, 0.6) is 0 Å². The van der Waals surface area contributed by atoms with Crippen molar-refractivity contribution in [3.8, 4) is 6.07 Å². The monoisotopic (exact) mass is 204 g/mol. The molecule has 0 aromatic heterocycles. The Kier molecular flexibility index (Phi) is 8.42. The highest BCUT2D eigenvalue weighted by Gasteiger charge is 1.92. The second-order valence-corrected chi connectivity index (χ2v) is 3.50. The molecule has 0 aliphatic rings. The Labute approximate surface area is 92.9 Å². The molecular formula is C13H20N2. The fourth-order valence-corrected chi connectivity index (χ4v) is 1.24. The van der Waals surface area contributed by atoms with E-state index in [1.54, 1.807) is 0 Å². The van der Waals surface area contributed by atoms with E-state index in [9.17, 15) is 0 Å². The predicted molar refractivity (Wildman–Crippen MR) is 64.7 cm³/mol. The van der Waals surface area contributed by atoms with Gasteiger partial charge < -0.3 is 5.32 Å². The van der Waals surface area contributed by atoms with Crippen molar-refractivity contribution in [2.75, 3.05) is 14.1 Å². The molecule has 0 fully saturated rings. The van der Waals surface area contributed by atoms with Crippen molar-refractivity contribution >= 4 is 0 Å². The van der Waals surface area contributed by atoms with E-state index in [-0.39, 0.29) is 0 Å². The van der Waals surface area contributed by atoms with Crippen molar-refractivity contribution in [1.82, 2.24) is 5.32 Å². The normalized spacial score (nSPS) is 8.67. The Morgan fingerprint density at radius 3 is 2.53 bits per heavy atom. The lowest BCUT2D eigenvalue weighted by atomic mass is 10.1. The smallest absolute Gasteiger partial charge is 0.0621 e. The maximum absolute atomic E-state index is 8.35. The van der Waals surface area contributed by atoms with Crippen LogP contribution in [0.2, 0.25) is 0 Å². The van der Waals surface area contributed by atoms with Crippen molar-refractivity contribution in [3.05, 3.63) is 35.4 Å². The van der Waals surface area contributed by atoms with Gasteiger partial charge in [-0.25, -0.2) is 0 Å². The molecule has 1 rings (SSSR count). The first kappa shape index (κ1) is 13.7. The van der Waals surface area contributed by atoms with Gasteiger partial charge in [0.05, 0.1) is 6.07 Å². The summed E-state index contributed by atoms with van der Waals surface area (Å²) in [5.74, 6) is 0. The number of nitriles is 1. The van der Waals surface area contributed by atoms with Crippen LogP contribution in [0.25, 0.3) is 0 Å². The highest BCUT2D eigenvalue weighted by molar-refractivity contribution is 5.22. The number of hydrogen-bond acceptors (Lipinski definition) is 2. The maximum atomic E-state index is 8.35. The first-order valence-electron chi connectivity index (χ1n) is 5.25. The Morgan fingerprint density at radius 1 is 1.33 bits per heavy atom. The molecule has 0 unspecified atom stereocenters. The number of nitrogens with one attached hydrogen (secondary N) is 1. The van der Waals surface area contributed by atoms with E-state index in [0.29, 0.717) is 6.42 Å². The Balaban J connectivity index is 0.000000583. The second-order valence-electron chi connectivity index (χ2n) is 3.50. The summed E-state index contributed by atoms with van der Waals surface area (Å²) < 4.78 is 0. The summed E-state index contributed by atoms with van der Waals surface area (Å²) in [4.78, 5) is 0. The van der Waals surface area contributed by atoms with Gasteiger partial charge >= 0.3 is 0 Å². The number of unbranched alkanes of at least 4 members (excludes halogenated alkanes) is 1. The zero-order valence-electron chi connectivity index (χ0n) is 9.88. The average Bonchev–Trinajstić information content (AvgIpc) is 2.19. The van der Waals surface area contributed by atoms with Crippen molar-refractivity contribution in [3.63, 3.8) is 0 Å². The van der Waals surface area contributed by atoms with Crippen LogP contribution in [-0.4, -0.2) is 14.1 Å². The van der Waals surface area contributed by atoms with E-state index in [1.165, 1.54) is 11.1 Å². The molecule has 0 aliphatic heterocycles. The van der Waals surface area contributed by atoms with Gasteiger partial charge in [-0.2, -0.15) is 5.26 Å². The molecule has 0 amide bonds. The molecule has 0 radical (unpaired) electrons. The molecule has 0 saturated carbocycles. The SMILES string of the molecule is CNC.Cc1cccc(CCCC#N)c1. The molecule has 0 atom stereocenters. The van der Waals surface area contributed by atoms with Crippen LogP contribution < -0.4 is 5.32 Å². The fraction of sp³-hybridized carbons (Fsp3) is 0.462. The molecule has 2 nitrogen and oxygen atoms in total. The molecule has 82 valence electrons. The number of aryl methyl sites for hydroxylation is 2. The number of rotatable bonds is 3. The van der Waals surface area contributed by atoms with Crippen LogP contribution in [0.1, 0.15) is 24.0 Å². The first-order valence-corrected chi connectivity index (χ1v) is 5.25. The third-order valence-corrected chi connectivity index (χ3v) is 1.84. The Morgan fingerprint density at radius 2 is 2.00 bits per heavy atom. The molecule has 1 aromatic carbocycles. The Bertz CT molecular complexity index is 300. The first-order chi connectivity index (χ1) is 7.24. The van der Waals surface area contributed by atoms with Crippen molar-refractivity contribution in [1.29, 1.82) is 5.26 Å². The van der Waals surface area contributed by atoms with Crippen LogP contribution >= 0.6 is 0 Å². The predicted octanol–water partition coefficient (Wildman–Crippen LogP) is 2.68. The van der Waals surface area contributed by atoms with Crippen LogP contribution in [0.3, 0.4) is 0 Å². The van der Waals surface area contributed by atoms with Crippen LogP contribution in [0.15, 0.2) is 24.3 Å². The molecule has 0 spiro atoms. The molecule has 0 saturated heterocycles. The molecule has 15 heavy (non-hydrogen) atoms. The van der Waals surface area contributed by atoms with E-state index in [0.717, 1.165) is 12.8 Å². The second kappa shape index (κ2) is 9.23. The fourth-order valence-electron chi connectivity index (χ4n) is 1.24. The molecular weight excluding hydrogens is 184 g/mol. The zero-order chi connectivity index (χ0) is 11.5. The standard InChI is InChI=1S/C11H13N.C2H7N/c1-10-5-4-7-11(9-10)6-2-3-8-12;1-3-2/h4-5,7,9H,2-3,6H2,1H3;3H,1-2H3. The van der Waals surface area contributed by atoms with Crippen LogP contribution in [0.4, 0.5) is 0 Å². The van der Waals surface area contributed by atoms with Crippen LogP contribution in [0, 0.1) is 18.3 Å². The van der Waals surface area contributed by atoms with E-state index in [4.69, 9.17) is 5.26 Å². The summed E-state index contributed by atoms with van der Waals surface area (Å²) in [6.07, 6.45) is 2.66. The Hall–Kier alpha value is -1.33. The summed E-state index contributed by atoms with van der Waals surface area (Å²) in [5.41, 5.74) is 2.63. The number of benzene rings is 1. The van der Waals surface area contributed by atoms with Gasteiger partial charge in [0.2, 0.25) is 0 Å². The van der Waals surface area contributed by atoms with Gasteiger partial charge in [-0.05, 0) is 39.4 Å². The highest BCUT2D eigenvalue weighted by atomic mass is 14.7. The number of hydrogen-bond donors (Lipinski definition) is 1. The summed E-state index contributed by atoms with van der Waals surface area (Å²) >= 11 is 0. The third-order valence-electron chi connectivity index (χ3n) is 1.84. The molecule has 0 aliphatic carbocycles. The quantitative estimate of drug-likeness (QED) is 0.768. The van der Waals surface area contributed by atoms with Gasteiger partial charge in [-0.3, -0.25) is 0 Å². The van der Waals surface area contributed by atoms with Crippen molar-refractivity contribution < 1.29 is 0 Å². The average molecular weight is 204 g/mol. The van der Waals surface area contributed by atoms with Gasteiger partial charge in [-0.15, -0.1) is 0 Å². The topological polar surface area (TPSA) is 35.8 Å². The van der Waals surface area contributed by atoms with Gasteiger partial charge in [-0.1, -0.05) is 29.8 Å². The minimum Gasteiger partial charge on any atom is -0.323 e. The van der Waals surface area contributed by atoms with E-state index < -0.39 is 0 Å². The lowest BCUT2D eigenvalue weighted by Gasteiger charge is -1.99. The largest absolute Gasteiger partial charge is 0.323 e. The zero-order valence-corrected chi connectivity index (χ0v) is 9.88. The van der Waals surface area contributed by atoms with E-state index >= 15 is 0 Å². The molecule has 1 aromatic rings. The van der Waals surface area contributed by atoms with Gasteiger partial charge in [0.1, 0.15) is 0 Å². The lowest BCUT2D eigenvalue weighted by Crippen LogP contribution is -1.89. The molecule has 1 N–H and O–H groups in total. The third kappa shape index (κ3) is 7.72. The van der Waals surface area contributed by atoms with E-state index in [2.05, 4.69) is 42.6 Å². The minimum atomic E-state index is 0.661. The number of nitrogens with zero attached hydrogens (tertiary/aromatic N) is 1. The highest BCUT2D eigenvalue weighted by Crippen LogP contribution is 2.07. The minimum absolute atomic E-state index is 0.661. The lowest BCUT2D eigenvalue weighted by molar-refractivity contribution is 0.849. The molecule has 0 heterocycles. The van der Waals surface area contributed by atoms with Crippen molar-refractivity contribution in [2.24, 2.45) is 0 Å². The summed E-state index contributed by atoms with van der Waals surface area (Å²) in [6.45, 7) is 2.09. The molecule has 0 bridgehead atoms. The van der Waals surface area contributed by atoms with Crippen LogP contribution in [-0.2, 0) is 6.42 Å². The van der Waals surface area contributed by atoms with Gasteiger partial charge in [0.15, 0.2) is 0 Å². The van der Waals surface area contributed by atoms with Crippen molar-refractivity contribution in [2.45, 2.75) is 26.2 Å². The summed E-state index contributed by atoms with van der Waals surface area (Å²) in [7, 11) is 3.75. The van der Waals surface area contributed by atoms with E-state index in [1.807, 2.05) is 14.1 Å². The van der Waals surface area contributed by atoms with Gasteiger partial charge in [0, 0.05) is 6.42 Å². The molecule has 2 heteroatoms. The van der Waals surface area contributed by atoms with Gasteiger partial charge in [0.25, 0.3) is 0 Å². The summed E-state index contributed by atoms with van der Waals surface area (Å²) in [6, 6.07) is 10.6. The summed E-state index contributed by atoms with van der Waals surface area (Å²) in [5, 5.41) is 11.1.